The van der Waals surface area contributed by atoms with E-state index in [0.717, 1.165) is 12.3 Å². The van der Waals surface area contributed by atoms with E-state index < -0.39 is 28.0 Å². The first-order valence-electron chi connectivity index (χ1n) is 6.02. The summed E-state index contributed by atoms with van der Waals surface area (Å²) in [6.07, 6.45) is 0.819. The number of aromatic hydroxyl groups is 1. The molecule has 11 nitrogen and oxygen atoms in total. The summed E-state index contributed by atoms with van der Waals surface area (Å²) in [5, 5.41) is 23.5. The topological polar surface area (TPSA) is 171 Å². The number of carbonyl (C=O) groups is 1. The highest BCUT2D eigenvalue weighted by Gasteiger charge is 2.11. The molecule has 0 fully saturated rings. The van der Waals surface area contributed by atoms with Gasteiger partial charge in [-0.3, -0.25) is 29.7 Å². The number of carbonyl (C=O) groups excluding carboxylic acids is 1. The number of H-pyrrole nitrogens is 2. The standard InChI is InChI=1S/C12H9N5O6/c18-9(6-2-1-3-7(4-6)17(22)23)16-13-5-8-10(19)14-12(21)15-11(8)20/h1-5H,(H,16,18)(H3,14,15,19,20,21)/b13-5-. The van der Waals surface area contributed by atoms with Crippen LogP contribution in [-0.2, 0) is 0 Å². The third-order valence-corrected chi connectivity index (χ3v) is 2.64. The number of nitro groups is 1. The lowest BCUT2D eigenvalue weighted by Gasteiger charge is -2.00. The van der Waals surface area contributed by atoms with Gasteiger partial charge in [-0.1, -0.05) is 6.07 Å². The third kappa shape index (κ3) is 3.66. The summed E-state index contributed by atoms with van der Waals surface area (Å²) in [7, 11) is 0. The van der Waals surface area contributed by atoms with Crippen molar-refractivity contribution in [3.05, 3.63) is 66.3 Å². The molecule has 0 aliphatic carbocycles. The normalized spacial score (nSPS) is 10.6. The maximum Gasteiger partial charge on any atom is 0.328 e. The molecule has 0 spiro atoms. The minimum Gasteiger partial charge on any atom is -0.494 e. The molecule has 1 heterocycles. The van der Waals surface area contributed by atoms with Crippen molar-refractivity contribution in [2.45, 2.75) is 0 Å². The number of rotatable bonds is 4. The molecule has 1 amide bonds. The number of hydrazone groups is 1. The second kappa shape index (κ2) is 6.34. The van der Waals surface area contributed by atoms with Gasteiger partial charge in [0.1, 0.15) is 5.56 Å². The molecule has 0 saturated heterocycles. The van der Waals surface area contributed by atoms with Crippen LogP contribution in [0.2, 0.25) is 0 Å². The number of non-ortho nitro benzene ring substituents is 1. The fourth-order valence-electron chi connectivity index (χ4n) is 1.58. The molecule has 2 rings (SSSR count). The highest BCUT2D eigenvalue weighted by Crippen LogP contribution is 2.12. The quantitative estimate of drug-likeness (QED) is 0.334. The van der Waals surface area contributed by atoms with E-state index in [4.69, 9.17) is 0 Å². The Labute approximate surface area is 126 Å². The first kappa shape index (κ1) is 15.6. The number of nitrogens with zero attached hydrogens (tertiary/aromatic N) is 2. The predicted octanol–water partition coefficient (Wildman–Crippen LogP) is -0.559. The highest BCUT2D eigenvalue weighted by molar-refractivity contribution is 5.95. The summed E-state index contributed by atoms with van der Waals surface area (Å²) >= 11 is 0. The van der Waals surface area contributed by atoms with Gasteiger partial charge < -0.3 is 5.11 Å². The number of aromatic nitrogens is 2. The predicted molar refractivity (Wildman–Crippen MR) is 77.5 cm³/mol. The maximum atomic E-state index is 11.8. The van der Waals surface area contributed by atoms with Crippen LogP contribution in [-0.4, -0.2) is 32.1 Å². The molecule has 0 atom stereocenters. The van der Waals surface area contributed by atoms with E-state index in [9.17, 15) is 29.6 Å². The maximum absolute atomic E-state index is 11.8. The average Bonchev–Trinajstić information content (AvgIpc) is 2.49. The zero-order valence-corrected chi connectivity index (χ0v) is 11.3. The Hall–Kier alpha value is -3.76. The lowest BCUT2D eigenvalue weighted by Crippen LogP contribution is -2.25. The molecule has 1 aromatic carbocycles. The van der Waals surface area contributed by atoms with Gasteiger partial charge in [0, 0.05) is 17.7 Å². The van der Waals surface area contributed by atoms with E-state index in [1.54, 1.807) is 0 Å². The van der Waals surface area contributed by atoms with E-state index in [1.807, 2.05) is 15.4 Å². The lowest BCUT2D eigenvalue weighted by atomic mass is 10.2. The average molecular weight is 319 g/mol. The van der Waals surface area contributed by atoms with E-state index in [1.165, 1.54) is 18.2 Å². The molecule has 0 aliphatic heterocycles. The van der Waals surface area contributed by atoms with Crippen molar-refractivity contribution in [1.29, 1.82) is 0 Å². The first-order chi connectivity index (χ1) is 10.9. The van der Waals surface area contributed by atoms with Gasteiger partial charge in [0.2, 0.25) is 5.88 Å². The van der Waals surface area contributed by atoms with Crippen molar-refractivity contribution in [3.63, 3.8) is 0 Å². The summed E-state index contributed by atoms with van der Waals surface area (Å²) < 4.78 is 0. The minimum atomic E-state index is -0.903. The molecule has 0 radical (unpaired) electrons. The summed E-state index contributed by atoms with van der Waals surface area (Å²) in [6, 6.07) is 4.93. The minimum absolute atomic E-state index is 0.0176. The molecule has 23 heavy (non-hydrogen) atoms. The molecule has 0 saturated carbocycles. The second-order valence-electron chi connectivity index (χ2n) is 4.18. The molecule has 0 unspecified atom stereocenters. The Balaban J connectivity index is 2.16. The molecule has 0 bridgehead atoms. The van der Waals surface area contributed by atoms with Crippen LogP contribution in [0.15, 0.2) is 39.0 Å². The Morgan fingerprint density at radius 2 is 2.09 bits per heavy atom. The number of amides is 1. The van der Waals surface area contributed by atoms with Crippen molar-refractivity contribution >= 4 is 17.8 Å². The van der Waals surface area contributed by atoms with Crippen molar-refractivity contribution in [2.75, 3.05) is 0 Å². The van der Waals surface area contributed by atoms with Crippen LogP contribution in [0.25, 0.3) is 0 Å². The molecule has 1 aromatic heterocycles. The van der Waals surface area contributed by atoms with E-state index in [0.29, 0.717) is 0 Å². The van der Waals surface area contributed by atoms with Gasteiger partial charge in [-0.25, -0.2) is 10.2 Å². The molecular weight excluding hydrogens is 310 g/mol. The first-order valence-corrected chi connectivity index (χ1v) is 6.02. The number of hydrogen-bond acceptors (Lipinski definition) is 7. The molecule has 0 aliphatic rings. The SMILES string of the molecule is O=C(N/N=C\c1c(O)[nH]c(=O)[nH]c1=O)c1cccc([N+](=O)[O-])c1. The number of aromatic amines is 2. The molecule has 11 heteroatoms. The van der Waals surface area contributed by atoms with Gasteiger partial charge in [0.05, 0.1) is 11.1 Å². The van der Waals surface area contributed by atoms with Crippen LogP contribution in [0.4, 0.5) is 5.69 Å². The third-order valence-electron chi connectivity index (χ3n) is 2.64. The van der Waals surface area contributed by atoms with E-state index in [-0.39, 0.29) is 16.8 Å². The summed E-state index contributed by atoms with van der Waals surface area (Å²) in [6.45, 7) is 0. The molecule has 4 N–H and O–H groups in total. The van der Waals surface area contributed by atoms with Gasteiger partial charge in [-0.05, 0) is 6.07 Å². The van der Waals surface area contributed by atoms with E-state index >= 15 is 0 Å². The fourth-order valence-corrected chi connectivity index (χ4v) is 1.58. The molecule has 118 valence electrons. The van der Waals surface area contributed by atoms with Crippen molar-refractivity contribution in [3.8, 4) is 5.88 Å². The zero-order valence-electron chi connectivity index (χ0n) is 11.3. The number of hydrogen-bond donors (Lipinski definition) is 4. The Morgan fingerprint density at radius 1 is 1.35 bits per heavy atom. The lowest BCUT2D eigenvalue weighted by molar-refractivity contribution is -0.384. The van der Waals surface area contributed by atoms with Crippen LogP contribution < -0.4 is 16.7 Å². The molecular formula is C12H9N5O6. The van der Waals surface area contributed by atoms with Gasteiger partial charge in [-0.15, -0.1) is 0 Å². The summed E-state index contributed by atoms with van der Waals surface area (Å²) in [5.74, 6) is -1.47. The van der Waals surface area contributed by atoms with Crippen LogP contribution in [0.1, 0.15) is 15.9 Å². The number of nitro benzene ring substituents is 1. The van der Waals surface area contributed by atoms with Crippen LogP contribution >= 0.6 is 0 Å². The monoisotopic (exact) mass is 319 g/mol. The number of nitrogens with one attached hydrogen (secondary N) is 3. The Kier molecular flexibility index (Phi) is 4.31. The Morgan fingerprint density at radius 3 is 2.74 bits per heavy atom. The van der Waals surface area contributed by atoms with Gasteiger partial charge in [0.15, 0.2) is 0 Å². The van der Waals surface area contributed by atoms with E-state index in [2.05, 4.69) is 5.10 Å². The zero-order chi connectivity index (χ0) is 17.0. The van der Waals surface area contributed by atoms with Gasteiger partial charge in [0.25, 0.3) is 17.2 Å². The van der Waals surface area contributed by atoms with Crippen molar-refractivity contribution in [1.82, 2.24) is 15.4 Å². The largest absolute Gasteiger partial charge is 0.494 e. The second-order valence-corrected chi connectivity index (χ2v) is 4.18. The van der Waals surface area contributed by atoms with Crippen LogP contribution in [0, 0.1) is 10.1 Å². The summed E-state index contributed by atoms with van der Waals surface area (Å²) in [4.78, 5) is 47.8. The van der Waals surface area contributed by atoms with Gasteiger partial charge >= 0.3 is 5.69 Å². The van der Waals surface area contributed by atoms with Crippen LogP contribution in [0.3, 0.4) is 0 Å². The van der Waals surface area contributed by atoms with Crippen molar-refractivity contribution < 1.29 is 14.8 Å². The highest BCUT2D eigenvalue weighted by atomic mass is 16.6. The fraction of sp³-hybridized carbons (Fsp3) is 0. The number of benzene rings is 1. The summed E-state index contributed by atoms with van der Waals surface area (Å²) in [5.41, 5.74) is -0.423. The van der Waals surface area contributed by atoms with Gasteiger partial charge in [-0.2, -0.15) is 5.10 Å². The smallest absolute Gasteiger partial charge is 0.328 e. The van der Waals surface area contributed by atoms with Crippen molar-refractivity contribution in [2.24, 2.45) is 5.10 Å². The Bertz CT molecular complexity index is 913. The molecule has 2 aromatic rings. The van der Waals surface area contributed by atoms with Crippen LogP contribution in [0.5, 0.6) is 5.88 Å².